The zero-order valence-corrected chi connectivity index (χ0v) is 20.3. The van der Waals surface area contributed by atoms with Crippen molar-refractivity contribution in [2.75, 3.05) is 18.4 Å². The molecule has 4 aromatic heterocycles. The van der Waals surface area contributed by atoms with Crippen molar-refractivity contribution in [2.24, 2.45) is 0 Å². The number of carbonyl (C=O) groups excluding carboxylic acids is 2. The Kier molecular flexibility index (Phi) is 6.16. The van der Waals surface area contributed by atoms with Crippen LogP contribution in [0.15, 0.2) is 48.8 Å². The Morgan fingerprint density at radius 3 is 2.53 bits per heavy atom. The number of imidazole rings is 1. The second kappa shape index (κ2) is 9.57. The van der Waals surface area contributed by atoms with Gasteiger partial charge in [0.2, 0.25) is 5.91 Å². The zero-order chi connectivity index (χ0) is 25.2. The first-order valence-corrected chi connectivity index (χ1v) is 11.9. The normalized spacial score (nSPS) is 11.2. The van der Waals surface area contributed by atoms with E-state index >= 15 is 0 Å². The summed E-state index contributed by atoms with van der Waals surface area (Å²) in [6, 6.07) is 11.2. The number of anilines is 1. The van der Waals surface area contributed by atoms with Crippen LogP contribution < -0.4 is 5.32 Å². The number of benzene rings is 1. The summed E-state index contributed by atoms with van der Waals surface area (Å²) >= 11 is 0. The minimum atomic E-state index is -0.0887. The lowest BCUT2D eigenvalue weighted by atomic mass is 10.1. The summed E-state index contributed by atoms with van der Waals surface area (Å²) in [5.74, 6) is 0.909. The molecule has 5 aromatic rings. The third-order valence-electron chi connectivity index (χ3n) is 6.12. The van der Waals surface area contributed by atoms with Crippen LogP contribution >= 0.6 is 0 Å². The van der Waals surface area contributed by atoms with E-state index in [0.717, 1.165) is 22.0 Å². The van der Waals surface area contributed by atoms with Gasteiger partial charge in [-0.05, 0) is 44.2 Å². The number of carbonyl (C=O) groups is 2. The van der Waals surface area contributed by atoms with Crippen molar-refractivity contribution in [2.45, 2.75) is 27.2 Å². The van der Waals surface area contributed by atoms with E-state index in [0.29, 0.717) is 53.6 Å². The maximum Gasteiger partial charge on any atom is 0.256 e. The first-order chi connectivity index (χ1) is 17.5. The summed E-state index contributed by atoms with van der Waals surface area (Å²) in [6.07, 6.45) is 3.82. The first kappa shape index (κ1) is 23.2. The van der Waals surface area contributed by atoms with Gasteiger partial charge in [-0.1, -0.05) is 13.0 Å². The number of nitrogens with zero attached hydrogens (tertiary/aromatic N) is 5. The van der Waals surface area contributed by atoms with Crippen molar-refractivity contribution >= 4 is 39.7 Å². The quantitative estimate of drug-likeness (QED) is 0.315. The van der Waals surface area contributed by atoms with E-state index in [1.807, 2.05) is 38.1 Å². The largest absolute Gasteiger partial charge is 0.339 e. The number of nitrogens with one attached hydrogen (secondary N) is 3. The highest BCUT2D eigenvalue weighted by atomic mass is 16.2. The van der Waals surface area contributed by atoms with Crippen LogP contribution in [0.1, 0.15) is 37.6 Å². The number of H-pyrrole nitrogens is 2. The van der Waals surface area contributed by atoms with Crippen molar-refractivity contribution in [3.8, 4) is 22.6 Å². The van der Waals surface area contributed by atoms with E-state index < -0.39 is 0 Å². The average molecular weight is 483 g/mol. The van der Waals surface area contributed by atoms with Crippen LogP contribution in [0.5, 0.6) is 0 Å². The van der Waals surface area contributed by atoms with E-state index in [9.17, 15) is 9.59 Å². The lowest BCUT2D eigenvalue weighted by molar-refractivity contribution is -0.115. The van der Waals surface area contributed by atoms with Crippen LogP contribution in [0.4, 0.5) is 5.82 Å². The summed E-state index contributed by atoms with van der Waals surface area (Å²) in [7, 11) is 0. The van der Waals surface area contributed by atoms with Gasteiger partial charge in [0.25, 0.3) is 5.91 Å². The maximum absolute atomic E-state index is 13.0. The summed E-state index contributed by atoms with van der Waals surface area (Å²) in [6.45, 7) is 6.97. The van der Waals surface area contributed by atoms with Gasteiger partial charge in [-0.2, -0.15) is 5.10 Å². The minimum Gasteiger partial charge on any atom is -0.339 e. The fourth-order valence-corrected chi connectivity index (χ4v) is 4.11. The second-order valence-corrected chi connectivity index (χ2v) is 8.29. The molecule has 0 saturated carbocycles. The molecule has 2 amide bonds. The van der Waals surface area contributed by atoms with E-state index in [-0.39, 0.29) is 11.8 Å². The Bertz CT molecular complexity index is 1560. The van der Waals surface area contributed by atoms with Gasteiger partial charge < -0.3 is 15.2 Å². The van der Waals surface area contributed by atoms with Gasteiger partial charge in [0.1, 0.15) is 17.0 Å². The highest BCUT2D eigenvalue weighted by Gasteiger charge is 2.20. The molecule has 3 N–H and O–H groups in total. The van der Waals surface area contributed by atoms with E-state index in [1.54, 1.807) is 36.4 Å². The predicted molar refractivity (Wildman–Crippen MR) is 138 cm³/mol. The Labute approximate surface area is 207 Å². The maximum atomic E-state index is 13.0. The molecular weight excluding hydrogens is 456 g/mol. The fraction of sp³-hybridized carbons (Fsp3) is 0.231. The fourth-order valence-electron chi connectivity index (χ4n) is 4.11. The molecule has 1 aromatic carbocycles. The third-order valence-corrected chi connectivity index (χ3v) is 6.12. The molecule has 0 bridgehead atoms. The number of rotatable bonds is 7. The third kappa shape index (κ3) is 4.17. The molecule has 0 unspecified atom stereocenters. The zero-order valence-electron chi connectivity index (χ0n) is 20.3. The summed E-state index contributed by atoms with van der Waals surface area (Å²) in [4.78, 5) is 43.3. The number of amides is 2. The number of aromatic amines is 2. The summed E-state index contributed by atoms with van der Waals surface area (Å²) in [5, 5.41) is 10.9. The van der Waals surface area contributed by atoms with Gasteiger partial charge in [0.05, 0.1) is 16.5 Å². The highest BCUT2D eigenvalue weighted by molar-refractivity contribution is 6.06. The van der Waals surface area contributed by atoms with Crippen LogP contribution in [0.3, 0.4) is 0 Å². The van der Waals surface area contributed by atoms with Crippen molar-refractivity contribution in [1.82, 2.24) is 35.0 Å². The SMILES string of the molecule is CCC(=O)Nc1ccc(-c2cnc3[nH]nc(-c4nc5c(C(=O)N(CC)CC)cccc5[nH]4)c3c2)cn1. The van der Waals surface area contributed by atoms with Crippen molar-refractivity contribution < 1.29 is 9.59 Å². The van der Waals surface area contributed by atoms with Crippen LogP contribution in [-0.4, -0.2) is 59.9 Å². The molecular formula is C26H26N8O2. The molecule has 0 aliphatic carbocycles. The summed E-state index contributed by atoms with van der Waals surface area (Å²) < 4.78 is 0. The number of hydrogen-bond acceptors (Lipinski definition) is 6. The lowest BCUT2D eigenvalue weighted by Gasteiger charge is -2.18. The summed E-state index contributed by atoms with van der Waals surface area (Å²) in [5.41, 5.74) is 4.85. The number of pyridine rings is 2. The van der Waals surface area contributed by atoms with Gasteiger partial charge in [0.15, 0.2) is 11.5 Å². The highest BCUT2D eigenvalue weighted by Crippen LogP contribution is 2.30. The van der Waals surface area contributed by atoms with Gasteiger partial charge in [-0.25, -0.2) is 15.0 Å². The Morgan fingerprint density at radius 1 is 1.00 bits per heavy atom. The van der Waals surface area contributed by atoms with Crippen LogP contribution in [0.25, 0.3) is 44.7 Å². The molecule has 36 heavy (non-hydrogen) atoms. The number of aromatic nitrogens is 6. The molecule has 0 spiro atoms. The second-order valence-electron chi connectivity index (χ2n) is 8.29. The molecule has 0 radical (unpaired) electrons. The molecule has 5 rings (SSSR count). The topological polar surface area (TPSA) is 133 Å². The molecule has 0 fully saturated rings. The molecule has 0 atom stereocenters. The van der Waals surface area contributed by atoms with Gasteiger partial charge >= 0.3 is 0 Å². The van der Waals surface area contributed by atoms with Crippen LogP contribution in [-0.2, 0) is 4.79 Å². The smallest absolute Gasteiger partial charge is 0.256 e. The molecule has 0 saturated heterocycles. The van der Waals surface area contributed by atoms with Crippen molar-refractivity contribution in [3.05, 3.63) is 54.4 Å². The van der Waals surface area contributed by atoms with Crippen LogP contribution in [0.2, 0.25) is 0 Å². The predicted octanol–water partition coefficient (Wildman–Crippen LogP) is 4.39. The Morgan fingerprint density at radius 2 is 1.81 bits per heavy atom. The molecule has 0 aliphatic rings. The van der Waals surface area contributed by atoms with E-state index in [1.165, 1.54) is 0 Å². The molecule has 10 nitrogen and oxygen atoms in total. The Balaban J connectivity index is 1.52. The van der Waals surface area contributed by atoms with E-state index in [4.69, 9.17) is 4.98 Å². The van der Waals surface area contributed by atoms with Gasteiger partial charge in [-0.15, -0.1) is 0 Å². The van der Waals surface area contributed by atoms with Crippen LogP contribution in [0, 0.1) is 0 Å². The minimum absolute atomic E-state index is 0.0504. The standard InChI is InChI=1S/C26H26N8O2/c1-4-21(35)30-20-11-10-15(13-27-20)16-12-18-23(32-33-24(18)28-14-16)25-29-19-9-7-8-17(22(19)31-25)26(36)34(5-2)6-3/h7-14H,4-6H2,1-3H3,(H,29,31)(H,27,30,35)(H,28,32,33). The molecule has 4 heterocycles. The average Bonchev–Trinajstić information content (AvgIpc) is 3.53. The monoisotopic (exact) mass is 482 g/mol. The molecule has 10 heteroatoms. The Hall–Kier alpha value is -4.60. The number of para-hydroxylation sites is 1. The first-order valence-electron chi connectivity index (χ1n) is 11.9. The van der Waals surface area contributed by atoms with Crippen molar-refractivity contribution in [3.63, 3.8) is 0 Å². The molecule has 0 aliphatic heterocycles. The van der Waals surface area contributed by atoms with Crippen molar-refractivity contribution in [1.29, 1.82) is 0 Å². The van der Waals surface area contributed by atoms with Gasteiger partial charge in [-0.3, -0.25) is 14.7 Å². The lowest BCUT2D eigenvalue weighted by Crippen LogP contribution is -2.30. The number of hydrogen-bond donors (Lipinski definition) is 3. The number of fused-ring (bicyclic) bond motifs is 2. The molecule has 182 valence electrons. The van der Waals surface area contributed by atoms with Gasteiger partial charge in [0, 0.05) is 43.0 Å². The van der Waals surface area contributed by atoms with E-state index in [2.05, 4.69) is 30.5 Å².